The number of hydrogen-bond donors (Lipinski definition) is 0. The highest BCUT2D eigenvalue weighted by atomic mass is 32.2. The molecule has 0 saturated carbocycles. The summed E-state index contributed by atoms with van der Waals surface area (Å²) in [6.45, 7) is 2.73. The Hall–Kier alpha value is -1.24. The zero-order valence-corrected chi connectivity index (χ0v) is 13.3. The van der Waals surface area contributed by atoms with Crippen molar-refractivity contribution in [3.8, 4) is 0 Å². The van der Waals surface area contributed by atoms with E-state index >= 15 is 0 Å². The standard InChI is InChI=1S/C15H22N2O3S/c1-3-16(2)21(19,20)17-11-7-10-14(17)12-15(18)13-8-5-4-6-9-13/h4-6,8-9,14H,3,7,10-12H2,1-2H3. The van der Waals surface area contributed by atoms with Crippen LogP contribution in [0.25, 0.3) is 0 Å². The van der Waals surface area contributed by atoms with Gasteiger partial charge in [-0.3, -0.25) is 4.79 Å². The van der Waals surface area contributed by atoms with Gasteiger partial charge in [-0.05, 0) is 12.8 Å². The van der Waals surface area contributed by atoms with Gasteiger partial charge in [0.05, 0.1) is 0 Å². The van der Waals surface area contributed by atoms with E-state index in [0.29, 0.717) is 18.7 Å². The minimum Gasteiger partial charge on any atom is -0.294 e. The minimum absolute atomic E-state index is 0.00171. The number of Topliss-reactive ketones (excluding diaryl/α,β-unsaturated/α-hetero) is 1. The second kappa shape index (κ2) is 6.68. The Morgan fingerprint density at radius 1 is 1.33 bits per heavy atom. The number of carbonyl (C=O) groups excluding carboxylic acids is 1. The number of benzene rings is 1. The summed E-state index contributed by atoms with van der Waals surface area (Å²) in [6.07, 6.45) is 1.81. The molecular formula is C15H22N2O3S. The van der Waals surface area contributed by atoms with Gasteiger partial charge in [-0.2, -0.15) is 17.0 Å². The molecule has 1 atom stereocenters. The molecule has 1 aliphatic rings. The average molecular weight is 310 g/mol. The normalized spacial score (nSPS) is 20.0. The molecule has 1 saturated heterocycles. The summed E-state index contributed by atoms with van der Waals surface area (Å²) in [4.78, 5) is 12.3. The molecule has 0 radical (unpaired) electrons. The van der Waals surface area contributed by atoms with E-state index in [9.17, 15) is 13.2 Å². The molecule has 1 aromatic rings. The molecule has 0 bridgehead atoms. The van der Waals surface area contributed by atoms with Gasteiger partial charge in [-0.25, -0.2) is 0 Å². The first-order valence-corrected chi connectivity index (χ1v) is 8.68. The molecule has 1 fully saturated rings. The maximum atomic E-state index is 12.4. The first-order chi connectivity index (χ1) is 9.96. The Morgan fingerprint density at radius 2 is 2.00 bits per heavy atom. The van der Waals surface area contributed by atoms with E-state index in [1.165, 1.54) is 8.61 Å². The highest BCUT2D eigenvalue weighted by Gasteiger charge is 2.37. The number of nitrogens with zero attached hydrogens (tertiary/aromatic N) is 2. The number of carbonyl (C=O) groups is 1. The molecule has 0 aromatic heterocycles. The number of ketones is 1. The molecule has 0 aliphatic carbocycles. The van der Waals surface area contributed by atoms with Crippen LogP contribution in [0.4, 0.5) is 0 Å². The van der Waals surface area contributed by atoms with E-state index in [2.05, 4.69) is 0 Å². The Bertz CT molecular complexity index is 586. The molecule has 0 spiro atoms. The molecule has 1 heterocycles. The van der Waals surface area contributed by atoms with E-state index < -0.39 is 10.2 Å². The molecular weight excluding hydrogens is 288 g/mol. The molecule has 6 heteroatoms. The second-order valence-electron chi connectivity index (χ2n) is 5.32. The third kappa shape index (κ3) is 3.51. The van der Waals surface area contributed by atoms with Crippen LogP contribution in [-0.4, -0.2) is 49.0 Å². The summed E-state index contributed by atoms with van der Waals surface area (Å²) in [7, 11) is -1.88. The van der Waals surface area contributed by atoms with Gasteiger partial charge < -0.3 is 0 Å². The molecule has 0 N–H and O–H groups in total. The van der Waals surface area contributed by atoms with Crippen molar-refractivity contribution in [1.29, 1.82) is 0 Å². The first kappa shape index (κ1) is 16.1. The van der Waals surface area contributed by atoms with Crippen molar-refractivity contribution in [2.45, 2.75) is 32.2 Å². The molecule has 1 aliphatic heterocycles. The van der Waals surface area contributed by atoms with Crippen LogP contribution in [0.1, 0.15) is 36.5 Å². The maximum absolute atomic E-state index is 12.4. The number of rotatable bonds is 6. The van der Waals surface area contributed by atoms with Gasteiger partial charge in [0, 0.05) is 38.2 Å². The van der Waals surface area contributed by atoms with Gasteiger partial charge in [-0.1, -0.05) is 37.3 Å². The minimum atomic E-state index is -3.45. The molecule has 116 valence electrons. The Balaban J connectivity index is 2.11. The molecule has 5 nitrogen and oxygen atoms in total. The molecule has 21 heavy (non-hydrogen) atoms. The van der Waals surface area contributed by atoms with Crippen molar-refractivity contribution in [2.75, 3.05) is 20.1 Å². The maximum Gasteiger partial charge on any atom is 0.281 e. The van der Waals surface area contributed by atoms with E-state index in [1.54, 1.807) is 26.1 Å². The Labute approximate surface area is 126 Å². The van der Waals surface area contributed by atoms with E-state index in [1.807, 2.05) is 18.2 Å². The second-order valence-corrected chi connectivity index (χ2v) is 7.31. The van der Waals surface area contributed by atoms with Crippen molar-refractivity contribution in [3.63, 3.8) is 0 Å². The summed E-state index contributed by atoms with van der Waals surface area (Å²) < 4.78 is 27.7. The topological polar surface area (TPSA) is 57.7 Å². The average Bonchev–Trinajstić information content (AvgIpc) is 2.96. The van der Waals surface area contributed by atoms with Gasteiger partial charge in [0.25, 0.3) is 10.2 Å². The van der Waals surface area contributed by atoms with Crippen LogP contribution in [0.2, 0.25) is 0 Å². The van der Waals surface area contributed by atoms with Gasteiger partial charge in [0.2, 0.25) is 0 Å². The molecule has 1 unspecified atom stereocenters. The summed E-state index contributed by atoms with van der Waals surface area (Å²) >= 11 is 0. The zero-order chi connectivity index (χ0) is 15.5. The lowest BCUT2D eigenvalue weighted by Crippen LogP contribution is -2.44. The predicted molar refractivity (Wildman–Crippen MR) is 82.3 cm³/mol. The van der Waals surface area contributed by atoms with Crippen LogP contribution < -0.4 is 0 Å². The number of hydrogen-bond acceptors (Lipinski definition) is 3. The quantitative estimate of drug-likeness (QED) is 0.754. The van der Waals surface area contributed by atoms with Crippen molar-refractivity contribution in [1.82, 2.24) is 8.61 Å². The van der Waals surface area contributed by atoms with Crippen LogP contribution in [0.3, 0.4) is 0 Å². The third-order valence-electron chi connectivity index (χ3n) is 3.98. The Morgan fingerprint density at radius 3 is 2.62 bits per heavy atom. The largest absolute Gasteiger partial charge is 0.294 e. The van der Waals surface area contributed by atoms with E-state index in [4.69, 9.17) is 0 Å². The van der Waals surface area contributed by atoms with Crippen molar-refractivity contribution in [3.05, 3.63) is 35.9 Å². The summed E-state index contributed by atoms with van der Waals surface area (Å²) in [5, 5.41) is 0. The summed E-state index contributed by atoms with van der Waals surface area (Å²) in [5.74, 6) is 0.00171. The lowest BCUT2D eigenvalue weighted by molar-refractivity contribution is 0.0960. The first-order valence-electron chi connectivity index (χ1n) is 7.28. The zero-order valence-electron chi connectivity index (χ0n) is 12.5. The van der Waals surface area contributed by atoms with E-state index in [-0.39, 0.29) is 18.2 Å². The van der Waals surface area contributed by atoms with Gasteiger partial charge in [0.1, 0.15) is 0 Å². The highest BCUT2D eigenvalue weighted by Crippen LogP contribution is 2.26. The van der Waals surface area contributed by atoms with Gasteiger partial charge in [0.15, 0.2) is 5.78 Å². The van der Waals surface area contributed by atoms with Crippen molar-refractivity contribution >= 4 is 16.0 Å². The summed E-state index contributed by atoms with van der Waals surface area (Å²) in [5.41, 5.74) is 0.644. The van der Waals surface area contributed by atoms with E-state index in [0.717, 1.165) is 12.8 Å². The lowest BCUT2D eigenvalue weighted by atomic mass is 10.0. The van der Waals surface area contributed by atoms with Crippen LogP contribution in [0.15, 0.2) is 30.3 Å². The fourth-order valence-electron chi connectivity index (χ4n) is 2.62. The predicted octanol–water partition coefficient (Wildman–Crippen LogP) is 1.92. The fourth-order valence-corrected chi connectivity index (χ4v) is 4.22. The fraction of sp³-hybridized carbons (Fsp3) is 0.533. The van der Waals surface area contributed by atoms with Crippen molar-refractivity contribution < 1.29 is 13.2 Å². The van der Waals surface area contributed by atoms with Crippen LogP contribution in [0, 0.1) is 0 Å². The van der Waals surface area contributed by atoms with Gasteiger partial charge >= 0.3 is 0 Å². The molecule has 1 aromatic carbocycles. The lowest BCUT2D eigenvalue weighted by Gasteiger charge is -2.27. The molecule has 2 rings (SSSR count). The van der Waals surface area contributed by atoms with Crippen LogP contribution >= 0.6 is 0 Å². The third-order valence-corrected chi connectivity index (χ3v) is 6.09. The summed E-state index contributed by atoms with van der Waals surface area (Å²) in [6, 6.07) is 8.82. The monoisotopic (exact) mass is 310 g/mol. The van der Waals surface area contributed by atoms with Gasteiger partial charge in [-0.15, -0.1) is 0 Å². The van der Waals surface area contributed by atoms with Crippen molar-refractivity contribution in [2.24, 2.45) is 0 Å². The Kier molecular flexibility index (Phi) is 5.13. The smallest absolute Gasteiger partial charge is 0.281 e. The SMILES string of the molecule is CCN(C)S(=O)(=O)N1CCCC1CC(=O)c1ccccc1. The molecule has 0 amide bonds. The highest BCUT2D eigenvalue weighted by molar-refractivity contribution is 7.86. The van der Waals surface area contributed by atoms with Crippen LogP contribution in [-0.2, 0) is 10.2 Å². The van der Waals surface area contributed by atoms with Crippen LogP contribution in [0.5, 0.6) is 0 Å².